The maximum absolute atomic E-state index is 11.1. The third-order valence-electron chi connectivity index (χ3n) is 1.90. The summed E-state index contributed by atoms with van der Waals surface area (Å²) in [5, 5.41) is 0.379. The Morgan fingerprint density at radius 3 is 2.40 bits per heavy atom. The Kier molecular flexibility index (Phi) is 4.08. The molecule has 5 heteroatoms. The zero-order valence-electron chi connectivity index (χ0n) is 9.15. The van der Waals surface area contributed by atoms with Gasteiger partial charge >= 0.3 is 0 Å². The third kappa shape index (κ3) is 3.51. The first-order valence-electron chi connectivity index (χ1n) is 4.81. The van der Waals surface area contributed by atoms with E-state index in [1.165, 1.54) is 11.8 Å². The molecule has 1 aromatic heterocycles. The summed E-state index contributed by atoms with van der Waals surface area (Å²) in [5.41, 5.74) is 7.07. The first kappa shape index (κ1) is 12.0. The van der Waals surface area contributed by atoms with Crippen molar-refractivity contribution < 1.29 is 4.79 Å². The number of rotatable bonds is 4. The van der Waals surface area contributed by atoms with Gasteiger partial charge in [0, 0.05) is 11.4 Å². The predicted molar refractivity (Wildman–Crippen MR) is 60.6 cm³/mol. The van der Waals surface area contributed by atoms with Crippen molar-refractivity contribution in [3.8, 4) is 0 Å². The van der Waals surface area contributed by atoms with Crippen LogP contribution < -0.4 is 5.73 Å². The van der Waals surface area contributed by atoms with Gasteiger partial charge in [-0.25, -0.2) is 9.97 Å². The largest absolute Gasteiger partial charge is 0.369 e. The van der Waals surface area contributed by atoms with E-state index < -0.39 is 0 Å². The molecule has 1 heterocycles. The standard InChI is InChI=1S/C10H15N3OS/c1-4-8(9(11)14)15-10-12-6(2)5-7(3)13-10/h5,8H,4H2,1-3H3,(H2,11,14). The summed E-state index contributed by atoms with van der Waals surface area (Å²) >= 11 is 1.33. The van der Waals surface area contributed by atoms with Crippen LogP contribution in [0.25, 0.3) is 0 Å². The van der Waals surface area contributed by atoms with E-state index >= 15 is 0 Å². The lowest BCUT2D eigenvalue weighted by Crippen LogP contribution is -2.25. The highest BCUT2D eigenvalue weighted by atomic mass is 32.2. The molecular weight excluding hydrogens is 210 g/mol. The van der Waals surface area contributed by atoms with Gasteiger partial charge in [0.05, 0.1) is 5.25 Å². The number of carbonyl (C=O) groups is 1. The van der Waals surface area contributed by atoms with Crippen LogP contribution in [-0.4, -0.2) is 21.1 Å². The van der Waals surface area contributed by atoms with Gasteiger partial charge in [0.15, 0.2) is 5.16 Å². The Morgan fingerprint density at radius 1 is 1.47 bits per heavy atom. The maximum atomic E-state index is 11.1. The second kappa shape index (κ2) is 5.11. The molecule has 1 aromatic rings. The van der Waals surface area contributed by atoms with Crippen LogP contribution in [0.4, 0.5) is 0 Å². The summed E-state index contributed by atoms with van der Waals surface area (Å²) in [5.74, 6) is -0.315. The van der Waals surface area contributed by atoms with Crippen molar-refractivity contribution in [2.24, 2.45) is 5.73 Å². The van der Waals surface area contributed by atoms with Crippen LogP contribution in [0.1, 0.15) is 24.7 Å². The lowest BCUT2D eigenvalue weighted by Gasteiger charge is -2.09. The molecule has 82 valence electrons. The van der Waals surface area contributed by atoms with E-state index in [9.17, 15) is 4.79 Å². The summed E-state index contributed by atoms with van der Waals surface area (Å²) in [4.78, 5) is 19.5. The maximum Gasteiger partial charge on any atom is 0.231 e. The molecular formula is C10H15N3OS. The summed E-state index contributed by atoms with van der Waals surface area (Å²) in [6, 6.07) is 1.90. The predicted octanol–water partition coefficient (Wildman–Crippen LogP) is 1.45. The Bertz CT molecular complexity index is 347. The number of amides is 1. The summed E-state index contributed by atoms with van der Waals surface area (Å²) in [6.07, 6.45) is 0.691. The summed E-state index contributed by atoms with van der Waals surface area (Å²) < 4.78 is 0. The van der Waals surface area contributed by atoms with Gasteiger partial charge in [-0.3, -0.25) is 4.79 Å². The minimum absolute atomic E-state index is 0.244. The molecule has 2 N–H and O–H groups in total. The Balaban J connectivity index is 2.83. The second-order valence-corrected chi connectivity index (χ2v) is 4.52. The van der Waals surface area contributed by atoms with Crippen LogP contribution >= 0.6 is 11.8 Å². The average Bonchev–Trinajstić information content (AvgIpc) is 2.12. The fourth-order valence-electron chi connectivity index (χ4n) is 1.22. The molecule has 0 aliphatic rings. The normalized spacial score (nSPS) is 12.5. The quantitative estimate of drug-likeness (QED) is 0.622. The third-order valence-corrected chi connectivity index (χ3v) is 3.14. The van der Waals surface area contributed by atoms with Crippen LogP contribution in [0.5, 0.6) is 0 Å². The topological polar surface area (TPSA) is 68.9 Å². The van der Waals surface area contributed by atoms with Crippen LogP contribution in [0.3, 0.4) is 0 Å². The second-order valence-electron chi connectivity index (χ2n) is 3.35. The number of thioether (sulfide) groups is 1. The molecule has 0 radical (unpaired) electrons. The fraction of sp³-hybridized carbons (Fsp3) is 0.500. The van der Waals surface area contributed by atoms with Crippen molar-refractivity contribution in [3.05, 3.63) is 17.5 Å². The number of hydrogen-bond acceptors (Lipinski definition) is 4. The molecule has 0 aromatic carbocycles. The number of carbonyl (C=O) groups excluding carboxylic acids is 1. The molecule has 1 unspecified atom stereocenters. The molecule has 0 aliphatic carbocycles. The van der Waals surface area contributed by atoms with E-state index in [2.05, 4.69) is 9.97 Å². The van der Waals surface area contributed by atoms with Gasteiger partial charge in [-0.15, -0.1) is 0 Å². The minimum Gasteiger partial charge on any atom is -0.369 e. The van der Waals surface area contributed by atoms with Crippen LogP contribution in [-0.2, 0) is 4.79 Å². The first-order valence-corrected chi connectivity index (χ1v) is 5.69. The first-order chi connectivity index (χ1) is 7.02. The minimum atomic E-state index is -0.315. The van der Waals surface area contributed by atoms with Crippen LogP contribution in [0, 0.1) is 13.8 Å². The Morgan fingerprint density at radius 2 is 2.00 bits per heavy atom. The number of nitrogens with two attached hydrogens (primary N) is 1. The molecule has 0 aliphatic heterocycles. The van der Waals surface area contributed by atoms with E-state index in [4.69, 9.17) is 5.73 Å². The van der Waals surface area contributed by atoms with Crippen molar-refractivity contribution in [1.82, 2.24) is 9.97 Å². The van der Waals surface area contributed by atoms with E-state index in [0.29, 0.717) is 11.6 Å². The molecule has 1 atom stereocenters. The van der Waals surface area contributed by atoms with Gasteiger partial charge in [0.2, 0.25) is 5.91 Å². The van der Waals surface area contributed by atoms with Crippen molar-refractivity contribution in [1.29, 1.82) is 0 Å². The number of hydrogen-bond donors (Lipinski definition) is 1. The van der Waals surface area contributed by atoms with E-state index in [-0.39, 0.29) is 11.2 Å². The van der Waals surface area contributed by atoms with Gasteiger partial charge in [-0.05, 0) is 26.3 Å². The lowest BCUT2D eigenvalue weighted by atomic mass is 10.3. The van der Waals surface area contributed by atoms with Gasteiger partial charge < -0.3 is 5.73 Å². The van der Waals surface area contributed by atoms with Crippen molar-refractivity contribution >= 4 is 17.7 Å². The molecule has 1 amide bonds. The number of aromatic nitrogens is 2. The van der Waals surface area contributed by atoms with Crippen molar-refractivity contribution in [3.63, 3.8) is 0 Å². The number of primary amides is 1. The average molecular weight is 225 g/mol. The summed E-state index contributed by atoms with van der Waals surface area (Å²) in [6.45, 7) is 5.74. The van der Waals surface area contributed by atoms with E-state index in [1.807, 2.05) is 26.8 Å². The molecule has 15 heavy (non-hydrogen) atoms. The monoisotopic (exact) mass is 225 g/mol. The molecule has 0 bridgehead atoms. The Hall–Kier alpha value is -1.10. The zero-order valence-corrected chi connectivity index (χ0v) is 9.97. The highest BCUT2D eigenvalue weighted by molar-refractivity contribution is 8.00. The molecule has 0 spiro atoms. The van der Waals surface area contributed by atoms with Gasteiger partial charge in [-0.2, -0.15) is 0 Å². The zero-order chi connectivity index (χ0) is 11.4. The van der Waals surface area contributed by atoms with Crippen LogP contribution in [0.2, 0.25) is 0 Å². The van der Waals surface area contributed by atoms with Crippen molar-refractivity contribution in [2.75, 3.05) is 0 Å². The van der Waals surface area contributed by atoms with E-state index in [1.54, 1.807) is 0 Å². The molecule has 1 rings (SSSR count). The SMILES string of the molecule is CCC(Sc1nc(C)cc(C)n1)C(N)=O. The highest BCUT2D eigenvalue weighted by Gasteiger charge is 2.16. The summed E-state index contributed by atoms with van der Waals surface area (Å²) in [7, 11) is 0. The van der Waals surface area contributed by atoms with Gasteiger partial charge in [0.1, 0.15) is 0 Å². The van der Waals surface area contributed by atoms with Crippen LogP contribution in [0.15, 0.2) is 11.2 Å². The molecule has 4 nitrogen and oxygen atoms in total. The number of nitrogens with zero attached hydrogens (tertiary/aromatic N) is 2. The molecule has 0 saturated heterocycles. The fourth-order valence-corrected chi connectivity index (χ4v) is 2.15. The van der Waals surface area contributed by atoms with Gasteiger partial charge in [0.25, 0.3) is 0 Å². The molecule has 0 saturated carbocycles. The van der Waals surface area contributed by atoms with Crippen molar-refractivity contribution in [2.45, 2.75) is 37.6 Å². The number of aryl methyl sites for hydroxylation is 2. The van der Waals surface area contributed by atoms with Gasteiger partial charge in [-0.1, -0.05) is 18.7 Å². The van der Waals surface area contributed by atoms with E-state index in [0.717, 1.165) is 11.4 Å². The highest BCUT2D eigenvalue weighted by Crippen LogP contribution is 2.22. The Labute approximate surface area is 93.7 Å². The lowest BCUT2D eigenvalue weighted by molar-refractivity contribution is -0.117. The molecule has 0 fully saturated rings. The smallest absolute Gasteiger partial charge is 0.231 e.